The van der Waals surface area contributed by atoms with Crippen LogP contribution in [0.4, 0.5) is 0 Å². The van der Waals surface area contributed by atoms with Gasteiger partial charge in [-0.25, -0.2) is 4.68 Å². The van der Waals surface area contributed by atoms with Gasteiger partial charge < -0.3 is 5.11 Å². The monoisotopic (exact) mass is 169 g/mol. The summed E-state index contributed by atoms with van der Waals surface area (Å²) in [5.41, 5.74) is 1.74. The summed E-state index contributed by atoms with van der Waals surface area (Å²) < 4.78 is 1.83. The molecule has 0 amide bonds. The molecule has 0 radical (unpaired) electrons. The zero-order chi connectivity index (χ0) is 9.14. The summed E-state index contributed by atoms with van der Waals surface area (Å²) in [7, 11) is 0. The number of hydrogen-bond donors (Lipinski definition) is 1. The van der Waals surface area contributed by atoms with Gasteiger partial charge >= 0.3 is 0 Å². The predicted molar refractivity (Wildman–Crippen MR) is 45.7 cm³/mol. The fourth-order valence-electron chi connectivity index (χ4n) is 1.33. The Bertz CT molecular complexity index is 233. The van der Waals surface area contributed by atoms with Gasteiger partial charge in [0.25, 0.3) is 0 Å². The Labute approximate surface area is 72.2 Å². The summed E-state index contributed by atoms with van der Waals surface area (Å²) in [4.78, 5) is 0. The van der Waals surface area contributed by atoms with Crippen molar-refractivity contribution in [1.29, 1.82) is 0 Å². The molecular weight excluding hydrogens is 154 g/mol. The number of aliphatic hydroxyl groups is 1. The quantitative estimate of drug-likeness (QED) is 0.731. The van der Waals surface area contributed by atoms with E-state index in [0.29, 0.717) is 11.6 Å². The third-order valence-electron chi connectivity index (χ3n) is 1.84. The fourth-order valence-corrected chi connectivity index (χ4v) is 1.33. The molecule has 0 saturated carbocycles. The molecule has 1 N–H and O–H groups in total. The van der Waals surface area contributed by atoms with Crippen molar-refractivity contribution >= 4 is 0 Å². The molecule has 0 atom stereocenters. The van der Waals surface area contributed by atoms with Crippen LogP contribution in [0.1, 0.15) is 38.1 Å². The third kappa shape index (κ3) is 1.48. The molecule has 12 heavy (non-hydrogen) atoms. The molecule has 0 bridgehead atoms. The maximum absolute atomic E-state index is 8.96. The summed E-state index contributed by atoms with van der Waals surface area (Å²) in [6.07, 6.45) is 0. The lowest BCUT2D eigenvalue weighted by Crippen LogP contribution is -2.05. The molecule has 0 unspecified atom stereocenters. The SMILES string of the molecule is CCn1nnc(CO)c1C(C)C. The lowest BCUT2D eigenvalue weighted by molar-refractivity contribution is 0.275. The number of aryl methyl sites for hydroxylation is 1. The molecule has 1 heterocycles. The smallest absolute Gasteiger partial charge is 0.112 e. The molecule has 0 aromatic carbocycles. The van der Waals surface area contributed by atoms with Crippen molar-refractivity contribution in [3.05, 3.63) is 11.4 Å². The van der Waals surface area contributed by atoms with Gasteiger partial charge in [0, 0.05) is 6.54 Å². The summed E-state index contributed by atoms with van der Waals surface area (Å²) in [5, 5.41) is 16.8. The van der Waals surface area contributed by atoms with Crippen LogP contribution in [-0.4, -0.2) is 20.1 Å². The van der Waals surface area contributed by atoms with Crippen LogP contribution in [-0.2, 0) is 13.2 Å². The first-order valence-corrected chi connectivity index (χ1v) is 4.23. The number of hydrogen-bond acceptors (Lipinski definition) is 3. The molecule has 1 aromatic rings. The third-order valence-corrected chi connectivity index (χ3v) is 1.84. The van der Waals surface area contributed by atoms with Crippen LogP contribution in [0.5, 0.6) is 0 Å². The van der Waals surface area contributed by atoms with Crippen LogP contribution < -0.4 is 0 Å². The predicted octanol–water partition coefficient (Wildman–Crippen LogP) is 0.914. The molecule has 0 spiro atoms. The van der Waals surface area contributed by atoms with Crippen molar-refractivity contribution in [3.63, 3.8) is 0 Å². The van der Waals surface area contributed by atoms with E-state index in [-0.39, 0.29) is 6.61 Å². The number of aromatic nitrogens is 3. The van der Waals surface area contributed by atoms with Crippen molar-refractivity contribution < 1.29 is 5.11 Å². The first-order chi connectivity index (χ1) is 5.70. The van der Waals surface area contributed by atoms with E-state index in [1.54, 1.807) is 0 Å². The van der Waals surface area contributed by atoms with Gasteiger partial charge in [0.15, 0.2) is 0 Å². The second-order valence-electron chi connectivity index (χ2n) is 3.05. The number of rotatable bonds is 3. The second kappa shape index (κ2) is 3.67. The first-order valence-electron chi connectivity index (χ1n) is 4.23. The Morgan fingerprint density at radius 3 is 2.58 bits per heavy atom. The molecule has 1 aromatic heterocycles. The van der Waals surface area contributed by atoms with E-state index in [0.717, 1.165) is 12.2 Å². The summed E-state index contributed by atoms with van der Waals surface area (Å²) in [6, 6.07) is 0. The summed E-state index contributed by atoms with van der Waals surface area (Å²) >= 11 is 0. The molecule has 0 aliphatic heterocycles. The molecule has 0 saturated heterocycles. The molecule has 1 rings (SSSR count). The highest BCUT2D eigenvalue weighted by Crippen LogP contribution is 2.16. The largest absolute Gasteiger partial charge is 0.390 e. The molecular formula is C8H15N3O. The Hall–Kier alpha value is -0.900. The Balaban J connectivity index is 3.07. The number of nitrogens with zero attached hydrogens (tertiary/aromatic N) is 3. The Kier molecular flexibility index (Phi) is 2.81. The van der Waals surface area contributed by atoms with E-state index in [2.05, 4.69) is 24.2 Å². The van der Waals surface area contributed by atoms with Gasteiger partial charge in [-0.2, -0.15) is 0 Å². The lowest BCUT2D eigenvalue weighted by atomic mass is 10.1. The minimum Gasteiger partial charge on any atom is -0.390 e. The Morgan fingerprint density at radius 1 is 1.50 bits per heavy atom. The van der Waals surface area contributed by atoms with Gasteiger partial charge in [0.2, 0.25) is 0 Å². The van der Waals surface area contributed by atoms with Crippen LogP contribution in [0.3, 0.4) is 0 Å². The van der Waals surface area contributed by atoms with Crippen molar-refractivity contribution in [2.24, 2.45) is 0 Å². The van der Waals surface area contributed by atoms with Crippen molar-refractivity contribution in [2.45, 2.75) is 39.8 Å². The van der Waals surface area contributed by atoms with E-state index in [9.17, 15) is 0 Å². The highest BCUT2D eigenvalue weighted by atomic mass is 16.3. The molecule has 0 aliphatic carbocycles. The topological polar surface area (TPSA) is 50.9 Å². The molecule has 0 aliphatic rings. The van der Waals surface area contributed by atoms with E-state index >= 15 is 0 Å². The van der Waals surface area contributed by atoms with Gasteiger partial charge in [-0.15, -0.1) is 5.10 Å². The molecule has 4 nitrogen and oxygen atoms in total. The van der Waals surface area contributed by atoms with Crippen molar-refractivity contribution in [3.8, 4) is 0 Å². The second-order valence-corrected chi connectivity index (χ2v) is 3.05. The van der Waals surface area contributed by atoms with Gasteiger partial charge in [0.05, 0.1) is 12.3 Å². The van der Waals surface area contributed by atoms with E-state index < -0.39 is 0 Å². The average molecular weight is 169 g/mol. The van der Waals surface area contributed by atoms with Gasteiger partial charge in [-0.1, -0.05) is 19.1 Å². The van der Waals surface area contributed by atoms with Crippen LogP contribution in [0.2, 0.25) is 0 Å². The van der Waals surface area contributed by atoms with Crippen LogP contribution in [0, 0.1) is 0 Å². The van der Waals surface area contributed by atoms with Crippen LogP contribution >= 0.6 is 0 Å². The fraction of sp³-hybridized carbons (Fsp3) is 0.750. The zero-order valence-corrected chi connectivity index (χ0v) is 7.78. The first kappa shape index (κ1) is 9.19. The lowest BCUT2D eigenvalue weighted by Gasteiger charge is -2.07. The maximum atomic E-state index is 8.96. The Morgan fingerprint density at radius 2 is 2.17 bits per heavy atom. The van der Waals surface area contributed by atoms with Gasteiger partial charge in [-0.3, -0.25) is 0 Å². The minimum absolute atomic E-state index is 0.0203. The molecule has 4 heteroatoms. The van der Waals surface area contributed by atoms with Crippen LogP contribution in [0.25, 0.3) is 0 Å². The molecule has 0 fully saturated rings. The average Bonchev–Trinajstić information content (AvgIpc) is 2.46. The van der Waals surface area contributed by atoms with Crippen molar-refractivity contribution in [1.82, 2.24) is 15.0 Å². The summed E-state index contributed by atoms with van der Waals surface area (Å²) in [5.74, 6) is 0.363. The normalized spacial score (nSPS) is 11.1. The van der Waals surface area contributed by atoms with E-state index in [1.807, 2.05) is 11.6 Å². The van der Waals surface area contributed by atoms with Gasteiger partial charge in [0.1, 0.15) is 5.69 Å². The van der Waals surface area contributed by atoms with E-state index in [4.69, 9.17) is 5.11 Å². The standard InChI is InChI=1S/C8H15N3O/c1-4-11-8(6(2)3)7(5-12)9-10-11/h6,12H,4-5H2,1-3H3. The number of aliphatic hydroxyl groups excluding tert-OH is 1. The highest BCUT2D eigenvalue weighted by molar-refractivity contribution is 5.13. The van der Waals surface area contributed by atoms with Crippen molar-refractivity contribution in [2.75, 3.05) is 0 Å². The van der Waals surface area contributed by atoms with Crippen LogP contribution in [0.15, 0.2) is 0 Å². The maximum Gasteiger partial charge on any atom is 0.112 e. The zero-order valence-electron chi connectivity index (χ0n) is 7.78. The highest BCUT2D eigenvalue weighted by Gasteiger charge is 2.13. The van der Waals surface area contributed by atoms with E-state index in [1.165, 1.54) is 0 Å². The molecule has 68 valence electrons. The summed E-state index contributed by atoms with van der Waals surface area (Å²) in [6.45, 7) is 6.95. The minimum atomic E-state index is -0.0203. The van der Waals surface area contributed by atoms with Gasteiger partial charge in [-0.05, 0) is 12.8 Å².